The van der Waals surface area contributed by atoms with Gasteiger partial charge in [-0.1, -0.05) is 66.7 Å². The van der Waals surface area contributed by atoms with E-state index in [1.165, 1.54) is 0 Å². The van der Waals surface area contributed by atoms with E-state index in [0.29, 0.717) is 24.5 Å². The van der Waals surface area contributed by atoms with E-state index < -0.39 is 0 Å². The van der Waals surface area contributed by atoms with Crippen LogP contribution in [0.25, 0.3) is 10.8 Å². The quantitative estimate of drug-likeness (QED) is 0.428. The Hall–Kier alpha value is -3.63. The smallest absolute Gasteiger partial charge is 0.255 e. The molecule has 0 saturated heterocycles. The van der Waals surface area contributed by atoms with Crippen LogP contribution in [0, 0.1) is 0 Å². The fourth-order valence-corrected chi connectivity index (χ4v) is 3.41. The van der Waals surface area contributed by atoms with Gasteiger partial charge >= 0.3 is 0 Å². The van der Waals surface area contributed by atoms with Crippen molar-refractivity contribution in [1.82, 2.24) is 0 Å². The lowest BCUT2D eigenvalue weighted by Crippen LogP contribution is -2.13. The fraction of sp³-hybridized carbons (Fsp3) is 0.115. The maximum Gasteiger partial charge on any atom is 0.255 e. The van der Waals surface area contributed by atoms with Gasteiger partial charge in [-0.15, -0.1) is 0 Å². The van der Waals surface area contributed by atoms with Gasteiger partial charge in [-0.3, -0.25) is 4.79 Å². The van der Waals surface area contributed by atoms with Crippen LogP contribution in [0.5, 0.6) is 5.75 Å². The third-order valence-electron chi connectivity index (χ3n) is 4.95. The number of nitrogens with one attached hydrogen (secondary N) is 1. The van der Waals surface area contributed by atoms with Crippen molar-refractivity contribution in [3.05, 3.63) is 108 Å². The molecule has 4 nitrogen and oxygen atoms in total. The van der Waals surface area contributed by atoms with E-state index in [1.54, 1.807) is 19.2 Å². The molecule has 0 aromatic heterocycles. The predicted octanol–water partition coefficient (Wildman–Crippen LogP) is 5.82. The molecule has 1 N–H and O–H groups in total. The first-order valence-electron chi connectivity index (χ1n) is 9.82. The molecule has 0 unspecified atom stereocenters. The van der Waals surface area contributed by atoms with Gasteiger partial charge in [0.05, 0.1) is 20.3 Å². The molecule has 0 radical (unpaired) electrons. The van der Waals surface area contributed by atoms with Crippen LogP contribution in [0.2, 0.25) is 0 Å². The van der Waals surface area contributed by atoms with Crippen molar-refractivity contribution in [2.45, 2.75) is 13.2 Å². The van der Waals surface area contributed by atoms with Crippen LogP contribution in [0.1, 0.15) is 21.5 Å². The highest BCUT2D eigenvalue weighted by molar-refractivity contribution is 6.09. The Bertz CT molecular complexity index is 1150. The van der Waals surface area contributed by atoms with Gasteiger partial charge in [0.2, 0.25) is 0 Å². The Morgan fingerprint density at radius 2 is 1.60 bits per heavy atom. The molecule has 0 saturated carbocycles. The molecular formula is C26H23NO3. The van der Waals surface area contributed by atoms with Gasteiger partial charge < -0.3 is 14.8 Å². The van der Waals surface area contributed by atoms with E-state index in [1.807, 2.05) is 78.9 Å². The van der Waals surface area contributed by atoms with E-state index in [9.17, 15) is 4.79 Å². The van der Waals surface area contributed by atoms with Crippen LogP contribution in [0.4, 0.5) is 5.69 Å². The lowest BCUT2D eigenvalue weighted by atomic mass is 10.1. The number of carbonyl (C=O) groups excluding carboxylic acids is 1. The molecule has 4 aromatic carbocycles. The zero-order chi connectivity index (χ0) is 20.8. The van der Waals surface area contributed by atoms with Crippen molar-refractivity contribution >= 4 is 22.4 Å². The minimum absolute atomic E-state index is 0.168. The molecule has 4 aromatic rings. The Balaban J connectivity index is 1.50. The van der Waals surface area contributed by atoms with Gasteiger partial charge in [-0.05, 0) is 35.2 Å². The molecule has 0 bridgehead atoms. The third-order valence-corrected chi connectivity index (χ3v) is 4.95. The van der Waals surface area contributed by atoms with Gasteiger partial charge in [-0.25, -0.2) is 0 Å². The number of benzene rings is 4. The molecule has 0 aliphatic carbocycles. The highest BCUT2D eigenvalue weighted by Crippen LogP contribution is 2.25. The number of hydrogen-bond donors (Lipinski definition) is 1. The summed E-state index contributed by atoms with van der Waals surface area (Å²) < 4.78 is 11.3. The summed E-state index contributed by atoms with van der Waals surface area (Å²) >= 11 is 0. The number of hydrogen-bond acceptors (Lipinski definition) is 3. The van der Waals surface area contributed by atoms with Crippen molar-refractivity contribution in [1.29, 1.82) is 0 Å². The number of rotatable bonds is 7. The van der Waals surface area contributed by atoms with Crippen LogP contribution in [-0.2, 0) is 18.0 Å². The normalized spacial score (nSPS) is 10.7. The largest absolute Gasteiger partial charge is 0.496 e. The van der Waals surface area contributed by atoms with Crippen LogP contribution in [0.3, 0.4) is 0 Å². The maximum absolute atomic E-state index is 12.9. The summed E-state index contributed by atoms with van der Waals surface area (Å²) in [4.78, 5) is 12.9. The molecule has 0 fully saturated rings. The number of anilines is 1. The SMILES string of the molecule is COc1ccc(C(=O)Nc2cccc3ccccc23)cc1COCc1ccccc1. The monoisotopic (exact) mass is 397 g/mol. The van der Waals surface area contributed by atoms with E-state index >= 15 is 0 Å². The average Bonchev–Trinajstić information content (AvgIpc) is 2.80. The van der Waals surface area contributed by atoms with Gasteiger partial charge in [-0.2, -0.15) is 0 Å². The molecule has 4 heteroatoms. The van der Waals surface area contributed by atoms with Crippen molar-refractivity contribution < 1.29 is 14.3 Å². The zero-order valence-corrected chi connectivity index (χ0v) is 16.8. The van der Waals surface area contributed by atoms with Crippen molar-refractivity contribution in [2.75, 3.05) is 12.4 Å². The summed E-state index contributed by atoms with van der Waals surface area (Å²) in [6, 6.07) is 29.2. The fourth-order valence-electron chi connectivity index (χ4n) is 3.41. The standard InChI is InChI=1S/C26H23NO3/c1-29-25-15-14-21(16-22(25)18-30-17-19-8-3-2-4-9-19)26(28)27-24-13-7-11-20-10-5-6-12-23(20)24/h2-16H,17-18H2,1H3,(H,27,28). The molecule has 1 amide bonds. The minimum Gasteiger partial charge on any atom is -0.496 e. The van der Waals surface area contributed by atoms with E-state index in [4.69, 9.17) is 9.47 Å². The first-order valence-corrected chi connectivity index (χ1v) is 9.82. The Labute approximate surface area is 176 Å². The van der Waals surface area contributed by atoms with Crippen LogP contribution < -0.4 is 10.1 Å². The zero-order valence-electron chi connectivity index (χ0n) is 16.8. The molecule has 30 heavy (non-hydrogen) atoms. The van der Waals surface area contributed by atoms with Crippen LogP contribution >= 0.6 is 0 Å². The molecular weight excluding hydrogens is 374 g/mol. The summed E-state index contributed by atoms with van der Waals surface area (Å²) in [5.74, 6) is 0.531. The predicted molar refractivity (Wildman–Crippen MR) is 120 cm³/mol. The number of carbonyl (C=O) groups is 1. The highest BCUT2D eigenvalue weighted by atomic mass is 16.5. The third kappa shape index (κ3) is 4.50. The Kier molecular flexibility index (Phi) is 6.06. The number of amides is 1. The van der Waals surface area contributed by atoms with Gasteiger partial charge in [0.1, 0.15) is 5.75 Å². The number of methoxy groups -OCH3 is 1. The second-order valence-electron chi connectivity index (χ2n) is 6.99. The summed E-state index contributed by atoms with van der Waals surface area (Å²) in [5.41, 5.74) is 3.28. The van der Waals surface area contributed by atoms with Crippen molar-refractivity contribution in [3.8, 4) is 5.75 Å². The summed E-state index contributed by atoms with van der Waals surface area (Å²) in [5, 5.41) is 5.12. The van der Waals surface area contributed by atoms with E-state index in [2.05, 4.69) is 5.32 Å². The molecule has 0 spiro atoms. The molecule has 4 rings (SSSR count). The van der Waals surface area contributed by atoms with Gasteiger partial charge in [0.15, 0.2) is 0 Å². The number of ether oxygens (including phenoxy) is 2. The average molecular weight is 397 g/mol. The molecule has 0 heterocycles. The maximum atomic E-state index is 12.9. The lowest BCUT2D eigenvalue weighted by molar-refractivity contribution is 0.102. The van der Waals surface area contributed by atoms with E-state index in [-0.39, 0.29) is 5.91 Å². The second-order valence-corrected chi connectivity index (χ2v) is 6.99. The van der Waals surface area contributed by atoms with Crippen LogP contribution in [0.15, 0.2) is 91.0 Å². The molecule has 150 valence electrons. The summed E-state index contributed by atoms with van der Waals surface area (Å²) in [7, 11) is 1.62. The van der Waals surface area contributed by atoms with Crippen LogP contribution in [-0.4, -0.2) is 13.0 Å². The minimum atomic E-state index is -0.168. The van der Waals surface area contributed by atoms with Crippen molar-refractivity contribution in [2.24, 2.45) is 0 Å². The van der Waals surface area contributed by atoms with Gasteiger partial charge in [0, 0.05) is 22.2 Å². The second kappa shape index (κ2) is 9.25. The van der Waals surface area contributed by atoms with E-state index in [0.717, 1.165) is 27.6 Å². The summed E-state index contributed by atoms with van der Waals surface area (Å²) in [6.07, 6.45) is 0. The highest BCUT2D eigenvalue weighted by Gasteiger charge is 2.12. The first-order chi connectivity index (χ1) is 14.7. The Morgan fingerprint density at radius 3 is 2.43 bits per heavy atom. The topological polar surface area (TPSA) is 47.6 Å². The summed E-state index contributed by atoms with van der Waals surface area (Å²) in [6.45, 7) is 0.851. The lowest BCUT2D eigenvalue weighted by Gasteiger charge is -2.13. The molecule has 0 aliphatic heterocycles. The Morgan fingerprint density at radius 1 is 0.833 bits per heavy atom. The van der Waals surface area contributed by atoms with Gasteiger partial charge in [0.25, 0.3) is 5.91 Å². The number of fused-ring (bicyclic) bond motifs is 1. The molecule has 0 aliphatic rings. The molecule has 0 atom stereocenters. The first kappa shape index (κ1) is 19.7. The van der Waals surface area contributed by atoms with Crippen molar-refractivity contribution in [3.63, 3.8) is 0 Å².